The third-order valence-corrected chi connectivity index (χ3v) is 4.99. The van der Waals surface area contributed by atoms with Gasteiger partial charge in [0.25, 0.3) is 0 Å². The highest BCUT2D eigenvalue weighted by atomic mass is 32.2. The van der Waals surface area contributed by atoms with Gasteiger partial charge in [0, 0.05) is 17.5 Å². The van der Waals surface area contributed by atoms with E-state index in [2.05, 4.69) is 0 Å². The van der Waals surface area contributed by atoms with Crippen molar-refractivity contribution in [1.29, 1.82) is 0 Å². The molecule has 0 amide bonds. The van der Waals surface area contributed by atoms with Gasteiger partial charge in [0.2, 0.25) is 10.0 Å². The zero-order valence-electron chi connectivity index (χ0n) is 8.23. The summed E-state index contributed by atoms with van der Waals surface area (Å²) in [6.45, 7) is 2.57. The first-order valence-electron chi connectivity index (χ1n) is 4.53. The van der Waals surface area contributed by atoms with Gasteiger partial charge in [0.1, 0.15) is 0 Å². The van der Waals surface area contributed by atoms with Crippen molar-refractivity contribution in [2.24, 2.45) is 0 Å². The second-order valence-corrected chi connectivity index (χ2v) is 6.53. The van der Waals surface area contributed by atoms with Gasteiger partial charge in [-0.25, -0.2) is 8.42 Å². The Kier molecular flexibility index (Phi) is 2.41. The van der Waals surface area contributed by atoms with Crippen molar-refractivity contribution in [3.8, 4) is 0 Å². The topological polar surface area (TPSA) is 37.4 Å². The standard InChI is InChI=1S/C9H13NO2S2/c1-7-8-4-6-13-9(8)3-5-10(7)14(2,11)12/h4,6-7H,3,5H2,1-2H3. The Hall–Kier alpha value is -0.390. The second kappa shape index (κ2) is 3.32. The van der Waals surface area contributed by atoms with E-state index in [4.69, 9.17) is 0 Å². The zero-order chi connectivity index (χ0) is 10.3. The minimum atomic E-state index is -3.06. The average molecular weight is 231 g/mol. The summed E-state index contributed by atoms with van der Waals surface area (Å²) in [7, 11) is -3.06. The van der Waals surface area contributed by atoms with E-state index in [1.165, 1.54) is 16.7 Å². The molecule has 2 heterocycles. The molecule has 1 aromatic heterocycles. The Labute approximate surface area is 88.4 Å². The Morgan fingerprint density at radius 1 is 1.57 bits per heavy atom. The molecule has 1 aliphatic heterocycles. The number of rotatable bonds is 1. The number of hydrogen-bond donors (Lipinski definition) is 0. The van der Waals surface area contributed by atoms with Gasteiger partial charge in [0.05, 0.1) is 6.26 Å². The van der Waals surface area contributed by atoms with Crippen LogP contribution >= 0.6 is 11.3 Å². The molecule has 0 saturated heterocycles. The van der Waals surface area contributed by atoms with Gasteiger partial charge in [-0.2, -0.15) is 4.31 Å². The molecule has 1 aliphatic rings. The molecule has 14 heavy (non-hydrogen) atoms. The first-order chi connectivity index (χ1) is 6.50. The van der Waals surface area contributed by atoms with Gasteiger partial charge in [-0.15, -0.1) is 11.3 Å². The van der Waals surface area contributed by atoms with Gasteiger partial charge in [-0.05, 0) is 30.4 Å². The number of hydrogen-bond acceptors (Lipinski definition) is 3. The van der Waals surface area contributed by atoms with Crippen molar-refractivity contribution < 1.29 is 8.42 Å². The van der Waals surface area contributed by atoms with E-state index < -0.39 is 10.0 Å². The van der Waals surface area contributed by atoms with Crippen molar-refractivity contribution in [2.45, 2.75) is 19.4 Å². The molecule has 78 valence electrons. The zero-order valence-corrected chi connectivity index (χ0v) is 9.86. The Bertz CT molecular complexity index is 435. The number of fused-ring (bicyclic) bond motifs is 1. The Morgan fingerprint density at radius 2 is 2.29 bits per heavy atom. The molecule has 0 aliphatic carbocycles. The lowest BCUT2D eigenvalue weighted by atomic mass is 10.0. The van der Waals surface area contributed by atoms with Crippen LogP contribution < -0.4 is 0 Å². The summed E-state index contributed by atoms with van der Waals surface area (Å²) in [5.74, 6) is 0. The summed E-state index contributed by atoms with van der Waals surface area (Å²) in [6, 6.07) is 2.03. The molecule has 0 radical (unpaired) electrons. The van der Waals surface area contributed by atoms with E-state index in [0.717, 1.165) is 6.42 Å². The molecular formula is C9H13NO2S2. The maximum Gasteiger partial charge on any atom is 0.211 e. The summed E-state index contributed by atoms with van der Waals surface area (Å²) >= 11 is 1.72. The molecule has 0 fully saturated rings. The van der Waals surface area contributed by atoms with Crippen LogP contribution in [0.5, 0.6) is 0 Å². The van der Waals surface area contributed by atoms with Crippen LogP contribution in [0.3, 0.4) is 0 Å². The van der Waals surface area contributed by atoms with Crippen LogP contribution in [0.4, 0.5) is 0 Å². The molecule has 0 bridgehead atoms. The SMILES string of the molecule is CC1c2ccsc2CCN1S(C)(=O)=O. The summed E-state index contributed by atoms with van der Waals surface area (Å²) in [4.78, 5) is 1.33. The summed E-state index contributed by atoms with van der Waals surface area (Å²) < 4.78 is 24.5. The van der Waals surface area contributed by atoms with Crippen molar-refractivity contribution in [3.05, 3.63) is 21.9 Å². The fourth-order valence-electron chi connectivity index (χ4n) is 1.94. The molecule has 0 aromatic carbocycles. The van der Waals surface area contributed by atoms with E-state index in [0.29, 0.717) is 6.54 Å². The van der Waals surface area contributed by atoms with Crippen LogP contribution in [0.25, 0.3) is 0 Å². The first-order valence-corrected chi connectivity index (χ1v) is 7.26. The lowest BCUT2D eigenvalue weighted by Crippen LogP contribution is -2.37. The molecule has 3 nitrogen and oxygen atoms in total. The monoisotopic (exact) mass is 231 g/mol. The summed E-state index contributed by atoms with van der Waals surface area (Å²) in [5.41, 5.74) is 1.17. The van der Waals surface area contributed by atoms with Crippen LogP contribution in [0.15, 0.2) is 11.4 Å². The molecule has 1 atom stereocenters. The van der Waals surface area contributed by atoms with E-state index in [1.807, 2.05) is 18.4 Å². The average Bonchev–Trinajstić information content (AvgIpc) is 2.50. The molecule has 0 saturated carbocycles. The van der Waals surface area contributed by atoms with E-state index >= 15 is 0 Å². The van der Waals surface area contributed by atoms with Crippen molar-refractivity contribution in [3.63, 3.8) is 0 Å². The molecule has 5 heteroatoms. The largest absolute Gasteiger partial charge is 0.212 e. The molecule has 1 unspecified atom stereocenters. The van der Waals surface area contributed by atoms with Gasteiger partial charge >= 0.3 is 0 Å². The highest BCUT2D eigenvalue weighted by Gasteiger charge is 2.30. The third-order valence-electron chi connectivity index (χ3n) is 2.65. The fourth-order valence-corrected chi connectivity index (χ4v) is 4.01. The van der Waals surface area contributed by atoms with Crippen LogP contribution in [0.2, 0.25) is 0 Å². The quantitative estimate of drug-likeness (QED) is 0.736. The number of thiophene rings is 1. The van der Waals surface area contributed by atoms with Crippen LogP contribution in [0, 0.1) is 0 Å². The molecule has 0 N–H and O–H groups in total. The minimum Gasteiger partial charge on any atom is -0.212 e. The van der Waals surface area contributed by atoms with Crippen molar-refractivity contribution >= 4 is 21.4 Å². The maximum atomic E-state index is 11.5. The van der Waals surface area contributed by atoms with Gasteiger partial charge in [-0.3, -0.25) is 0 Å². The summed E-state index contributed by atoms with van der Waals surface area (Å²) in [6.07, 6.45) is 2.13. The van der Waals surface area contributed by atoms with Crippen molar-refractivity contribution in [2.75, 3.05) is 12.8 Å². The molecule has 0 spiro atoms. The predicted molar refractivity (Wildman–Crippen MR) is 58.0 cm³/mol. The molecule has 1 aromatic rings. The first kappa shape index (κ1) is 10.1. The fraction of sp³-hybridized carbons (Fsp3) is 0.556. The van der Waals surface area contributed by atoms with Crippen LogP contribution in [-0.2, 0) is 16.4 Å². The Balaban J connectivity index is 2.39. The predicted octanol–water partition coefficient (Wildman–Crippen LogP) is 1.63. The third kappa shape index (κ3) is 1.60. The lowest BCUT2D eigenvalue weighted by molar-refractivity contribution is 0.332. The van der Waals surface area contributed by atoms with Gasteiger partial charge in [0.15, 0.2) is 0 Å². The van der Waals surface area contributed by atoms with E-state index in [1.54, 1.807) is 15.6 Å². The lowest BCUT2D eigenvalue weighted by Gasteiger charge is -2.31. The smallest absolute Gasteiger partial charge is 0.211 e. The normalized spacial score (nSPS) is 23.4. The number of sulfonamides is 1. The maximum absolute atomic E-state index is 11.5. The number of nitrogens with zero attached hydrogens (tertiary/aromatic N) is 1. The molecular weight excluding hydrogens is 218 g/mol. The van der Waals surface area contributed by atoms with Crippen LogP contribution in [0.1, 0.15) is 23.4 Å². The second-order valence-electron chi connectivity index (χ2n) is 3.60. The minimum absolute atomic E-state index is 0.000000000000000222. The van der Waals surface area contributed by atoms with E-state index in [-0.39, 0.29) is 6.04 Å². The highest BCUT2D eigenvalue weighted by molar-refractivity contribution is 7.88. The highest BCUT2D eigenvalue weighted by Crippen LogP contribution is 2.33. The van der Waals surface area contributed by atoms with Crippen LogP contribution in [-0.4, -0.2) is 25.5 Å². The van der Waals surface area contributed by atoms with E-state index in [9.17, 15) is 8.42 Å². The van der Waals surface area contributed by atoms with Gasteiger partial charge in [-0.1, -0.05) is 0 Å². The summed E-state index contributed by atoms with van der Waals surface area (Å²) in [5, 5.41) is 2.03. The molecule has 2 rings (SSSR count). The van der Waals surface area contributed by atoms with Crippen molar-refractivity contribution in [1.82, 2.24) is 4.31 Å². The Morgan fingerprint density at radius 3 is 2.93 bits per heavy atom. The van der Waals surface area contributed by atoms with Gasteiger partial charge < -0.3 is 0 Å².